The second-order valence-corrected chi connectivity index (χ2v) is 5.84. The van der Waals surface area contributed by atoms with E-state index in [1.54, 1.807) is 0 Å². The van der Waals surface area contributed by atoms with Crippen molar-refractivity contribution in [2.75, 3.05) is 0 Å². The van der Waals surface area contributed by atoms with Crippen LogP contribution < -0.4 is 0 Å². The van der Waals surface area contributed by atoms with Crippen LogP contribution in [0.1, 0.15) is 22.8 Å². The van der Waals surface area contributed by atoms with Crippen LogP contribution in [0.5, 0.6) is 0 Å². The zero-order valence-corrected chi connectivity index (χ0v) is 11.9. The van der Waals surface area contributed by atoms with E-state index in [2.05, 4.69) is 6.07 Å². The molecule has 0 heterocycles. The molecule has 0 aromatic heterocycles. The Morgan fingerprint density at radius 3 is 2.29 bits per heavy atom. The van der Waals surface area contributed by atoms with E-state index >= 15 is 0 Å². The molecule has 0 spiro atoms. The van der Waals surface area contributed by atoms with Crippen LogP contribution in [-0.2, 0) is 12.8 Å². The van der Waals surface area contributed by atoms with Crippen LogP contribution in [0.4, 0.5) is 4.39 Å². The van der Waals surface area contributed by atoms with Gasteiger partial charge in [0.15, 0.2) is 0 Å². The minimum Gasteiger partial charge on any atom is -0.387 e. The van der Waals surface area contributed by atoms with Crippen molar-refractivity contribution < 1.29 is 9.50 Å². The molecule has 106 valence electrons. The normalized spacial score (nSPS) is 17.0. The van der Waals surface area contributed by atoms with E-state index in [1.807, 2.05) is 24.3 Å². The molecule has 3 rings (SSSR count). The summed E-state index contributed by atoms with van der Waals surface area (Å²) in [6.07, 6.45) is -0.472. The van der Waals surface area contributed by atoms with E-state index in [9.17, 15) is 14.8 Å². The molecule has 1 atom stereocenters. The maximum Gasteiger partial charge on any atom is 0.130 e. The van der Waals surface area contributed by atoms with Gasteiger partial charge < -0.3 is 5.11 Å². The number of aliphatic hydroxyl groups is 1. The molecular formula is C17H13ClFNO. The van der Waals surface area contributed by atoms with E-state index < -0.39 is 17.3 Å². The van der Waals surface area contributed by atoms with Gasteiger partial charge in [0.1, 0.15) is 11.9 Å². The molecule has 1 unspecified atom stereocenters. The molecule has 2 aromatic rings. The predicted octanol–water partition coefficient (Wildman–Crippen LogP) is 3.82. The maximum absolute atomic E-state index is 14.0. The number of fused-ring (bicyclic) bond motifs is 1. The van der Waals surface area contributed by atoms with Crippen LogP contribution in [-0.4, -0.2) is 5.11 Å². The van der Waals surface area contributed by atoms with Crippen molar-refractivity contribution in [2.24, 2.45) is 5.41 Å². The molecular weight excluding hydrogens is 289 g/mol. The first kappa shape index (κ1) is 14.1. The van der Waals surface area contributed by atoms with Crippen LogP contribution in [0.2, 0.25) is 5.02 Å². The largest absolute Gasteiger partial charge is 0.387 e. The van der Waals surface area contributed by atoms with Crippen LogP contribution in [0, 0.1) is 22.6 Å². The van der Waals surface area contributed by atoms with Gasteiger partial charge in [0, 0.05) is 10.6 Å². The van der Waals surface area contributed by atoms with Gasteiger partial charge in [-0.15, -0.1) is 0 Å². The molecule has 0 aliphatic heterocycles. The lowest BCUT2D eigenvalue weighted by Gasteiger charge is -2.28. The lowest BCUT2D eigenvalue weighted by atomic mass is 9.77. The fourth-order valence-corrected chi connectivity index (χ4v) is 3.29. The number of halogens is 2. The van der Waals surface area contributed by atoms with Gasteiger partial charge in [-0.05, 0) is 36.1 Å². The molecule has 2 aromatic carbocycles. The van der Waals surface area contributed by atoms with Gasteiger partial charge in [0.2, 0.25) is 0 Å². The molecule has 1 N–H and O–H groups in total. The van der Waals surface area contributed by atoms with Crippen molar-refractivity contribution in [3.8, 4) is 6.07 Å². The number of benzene rings is 2. The molecule has 1 aliphatic carbocycles. The van der Waals surface area contributed by atoms with Gasteiger partial charge in [-0.25, -0.2) is 4.39 Å². The van der Waals surface area contributed by atoms with Gasteiger partial charge in [-0.1, -0.05) is 41.9 Å². The first-order valence-corrected chi connectivity index (χ1v) is 7.05. The van der Waals surface area contributed by atoms with Gasteiger partial charge in [0.05, 0.1) is 11.5 Å². The Balaban J connectivity index is 2.05. The monoisotopic (exact) mass is 301 g/mol. The van der Waals surface area contributed by atoms with Crippen LogP contribution in [0.3, 0.4) is 0 Å². The molecule has 0 amide bonds. The third-order valence-corrected chi connectivity index (χ3v) is 4.48. The highest BCUT2D eigenvalue weighted by Crippen LogP contribution is 2.47. The minimum absolute atomic E-state index is 0.00789. The van der Waals surface area contributed by atoms with Gasteiger partial charge >= 0.3 is 0 Å². The summed E-state index contributed by atoms with van der Waals surface area (Å²) in [4.78, 5) is 0. The van der Waals surface area contributed by atoms with Gasteiger partial charge in [-0.2, -0.15) is 5.26 Å². The number of aliphatic hydroxyl groups excluding tert-OH is 1. The Labute approximate surface area is 127 Å². The van der Waals surface area contributed by atoms with Gasteiger partial charge in [-0.3, -0.25) is 0 Å². The van der Waals surface area contributed by atoms with Gasteiger partial charge in [0.25, 0.3) is 0 Å². The maximum atomic E-state index is 14.0. The summed E-state index contributed by atoms with van der Waals surface area (Å²) >= 11 is 6.02. The Morgan fingerprint density at radius 2 is 1.76 bits per heavy atom. The van der Waals surface area contributed by atoms with E-state index in [0.29, 0.717) is 12.8 Å². The fraction of sp³-hybridized carbons (Fsp3) is 0.235. The van der Waals surface area contributed by atoms with Crippen molar-refractivity contribution in [1.29, 1.82) is 5.26 Å². The second kappa shape index (κ2) is 5.14. The van der Waals surface area contributed by atoms with Crippen molar-refractivity contribution in [3.63, 3.8) is 0 Å². The van der Waals surface area contributed by atoms with Crippen LogP contribution in [0.25, 0.3) is 0 Å². The lowest BCUT2D eigenvalue weighted by molar-refractivity contribution is 0.0662. The molecule has 4 heteroatoms. The summed E-state index contributed by atoms with van der Waals surface area (Å²) in [5, 5.41) is 20.4. The molecule has 0 fully saturated rings. The smallest absolute Gasteiger partial charge is 0.130 e. The number of nitrogens with zero attached hydrogens (tertiary/aromatic N) is 1. The average Bonchev–Trinajstić information content (AvgIpc) is 2.87. The zero-order valence-electron chi connectivity index (χ0n) is 11.2. The van der Waals surface area contributed by atoms with E-state index in [-0.39, 0.29) is 10.6 Å². The lowest BCUT2D eigenvalue weighted by Crippen LogP contribution is -2.29. The van der Waals surface area contributed by atoms with Crippen molar-refractivity contribution in [3.05, 3.63) is 70.0 Å². The molecule has 1 aliphatic rings. The highest BCUT2D eigenvalue weighted by atomic mass is 35.5. The molecule has 21 heavy (non-hydrogen) atoms. The SMILES string of the molecule is N#CC1(C(O)c2c(F)cccc2Cl)Cc2ccccc2C1. The quantitative estimate of drug-likeness (QED) is 0.916. The highest BCUT2D eigenvalue weighted by Gasteiger charge is 2.45. The Kier molecular flexibility index (Phi) is 3.44. The third-order valence-electron chi connectivity index (χ3n) is 4.15. The average molecular weight is 302 g/mol. The number of rotatable bonds is 2. The molecule has 0 saturated carbocycles. The summed E-state index contributed by atoms with van der Waals surface area (Å²) in [7, 11) is 0. The molecule has 0 saturated heterocycles. The first-order valence-electron chi connectivity index (χ1n) is 6.67. The number of nitriles is 1. The Bertz CT molecular complexity index is 693. The number of hydrogen-bond acceptors (Lipinski definition) is 2. The van der Waals surface area contributed by atoms with E-state index in [0.717, 1.165) is 11.1 Å². The zero-order chi connectivity index (χ0) is 15.0. The van der Waals surface area contributed by atoms with Crippen molar-refractivity contribution >= 4 is 11.6 Å². The summed E-state index contributed by atoms with van der Waals surface area (Å²) in [5.41, 5.74) is 0.972. The standard InChI is InChI=1S/C17H13ClFNO/c18-13-6-3-7-14(19)15(13)16(21)17(10-20)8-11-4-1-2-5-12(11)9-17/h1-7,16,21H,8-9H2. The van der Waals surface area contributed by atoms with E-state index in [1.165, 1.54) is 18.2 Å². The minimum atomic E-state index is -1.26. The third kappa shape index (κ3) is 2.21. The van der Waals surface area contributed by atoms with E-state index in [4.69, 9.17) is 11.6 Å². The molecule has 0 radical (unpaired) electrons. The summed E-state index contributed by atoms with van der Waals surface area (Å²) in [5.74, 6) is -0.583. The molecule has 2 nitrogen and oxygen atoms in total. The highest BCUT2D eigenvalue weighted by molar-refractivity contribution is 6.31. The summed E-state index contributed by atoms with van der Waals surface area (Å²) in [6, 6.07) is 14.1. The Hall–Kier alpha value is -1.89. The molecule has 0 bridgehead atoms. The van der Waals surface area contributed by atoms with Crippen LogP contribution >= 0.6 is 11.6 Å². The second-order valence-electron chi connectivity index (χ2n) is 5.43. The summed E-state index contributed by atoms with van der Waals surface area (Å²) in [6.45, 7) is 0. The van der Waals surface area contributed by atoms with Crippen LogP contribution in [0.15, 0.2) is 42.5 Å². The predicted molar refractivity (Wildman–Crippen MR) is 78.3 cm³/mol. The summed E-state index contributed by atoms with van der Waals surface area (Å²) < 4.78 is 14.0. The van der Waals surface area contributed by atoms with Crippen molar-refractivity contribution in [2.45, 2.75) is 18.9 Å². The Morgan fingerprint density at radius 1 is 1.14 bits per heavy atom. The fourth-order valence-electron chi connectivity index (χ4n) is 3.03. The number of hydrogen-bond donors (Lipinski definition) is 1. The van der Waals surface area contributed by atoms with Crippen molar-refractivity contribution in [1.82, 2.24) is 0 Å². The topological polar surface area (TPSA) is 44.0 Å². The first-order chi connectivity index (χ1) is 10.1.